The molecule has 1 aliphatic heterocycles. The van der Waals surface area contributed by atoms with E-state index in [0.717, 1.165) is 68.0 Å². The molecule has 6 atom stereocenters. The van der Waals surface area contributed by atoms with Gasteiger partial charge in [0, 0.05) is 12.3 Å². The van der Waals surface area contributed by atoms with Gasteiger partial charge in [-0.15, -0.1) is 0 Å². The fourth-order valence-electron chi connectivity index (χ4n) is 4.60. The molecule has 15 heteroatoms. The Kier molecular flexibility index (Phi) is 9.26. The van der Waals surface area contributed by atoms with E-state index in [1.54, 1.807) is 0 Å². The number of aliphatic hydroxyl groups is 1. The maximum Gasteiger partial charge on any atom is 0.459 e. The van der Waals surface area contributed by atoms with E-state index in [1.807, 2.05) is 4.98 Å². The van der Waals surface area contributed by atoms with Gasteiger partial charge in [-0.25, -0.2) is 18.1 Å². The second-order valence-electron chi connectivity index (χ2n) is 10.0. The fraction of sp³-hybridized carbons (Fsp3) is 0.560. The molecule has 2 aliphatic rings. The van der Waals surface area contributed by atoms with Crippen LogP contribution in [0.5, 0.6) is 5.75 Å². The smallest absolute Gasteiger partial charge is 0.459 e. The highest BCUT2D eigenvalue weighted by Gasteiger charge is 2.56. The van der Waals surface area contributed by atoms with Crippen LogP contribution < -0.4 is 20.9 Å². The normalized spacial score (nSPS) is 27.6. The number of alkyl halides is 1. The van der Waals surface area contributed by atoms with Gasteiger partial charge >= 0.3 is 19.4 Å². The van der Waals surface area contributed by atoms with Crippen LogP contribution in [0.3, 0.4) is 0 Å². The number of carbonyl (C=O) groups excluding carboxylic acids is 1. The Bertz CT molecular complexity index is 1340. The van der Waals surface area contributed by atoms with Gasteiger partial charge in [0.15, 0.2) is 11.9 Å². The molecule has 1 aromatic heterocycles. The first-order valence-corrected chi connectivity index (χ1v) is 14.4. The minimum atomic E-state index is -4.45. The van der Waals surface area contributed by atoms with Crippen LogP contribution in [0.4, 0.5) is 8.78 Å². The molecule has 0 spiro atoms. The van der Waals surface area contributed by atoms with E-state index in [4.69, 9.17) is 18.5 Å². The third-order valence-electron chi connectivity index (χ3n) is 6.81. The molecule has 220 valence electrons. The Hall–Kier alpha value is -2.90. The van der Waals surface area contributed by atoms with Gasteiger partial charge in [-0.05, 0) is 63.8 Å². The zero-order chi connectivity index (χ0) is 29.1. The largest absolute Gasteiger partial charge is 0.461 e. The molecule has 0 bridgehead atoms. The molecule has 1 aliphatic carbocycles. The summed E-state index contributed by atoms with van der Waals surface area (Å²) >= 11 is 0. The number of aliphatic hydroxyl groups excluding tert-OH is 1. The van der Waals surface area contributed by atoms with Gasteiger partial charge in [0.2, 0.25) is 0 Å². The molecule has 4 rings (SSSR count). The highest BCUT2D eigenvalue weighted by molar-refractivity contribution is 7.52. The van der Waals surface area contributed by atoms with Crippen molar-refractivity contribution >= 4 is 13.7 Å². The number of esters is 1. The Labute approximate surface area is 228 Å². The van der Waals surface area contributed by atoms with Gasteiger partial charge in [0.25, 0.3) is 5.56 Å². The number of nitrogens with one attached hydrogen (secondary N) is 2. The molecule has 12 nitrogen and oxygen atoms in total. The van der Waals surface area contributed by atoms with Crippen LogP contribution >= 0.6 is 7.75 Å². The van der Waals surface area contributed by atoms with E-state index < -0.39 is 67.5 Å². The second-order valence-corrected chi connectivity index (χ2v) is 11.7. The van der Waals surface area contributed by atoms with Crippen molar-refractivity contribution in [3.8, 4) is 5.75 Å². The molecule has 3 N–H and O–H groups in total. The lowest BCUT2D eigenvalue weighted by atomic mass is 9.98. The van der Waals surface area contributed by atoms with Crippen LogP contribution in [0.1, 0.15) is 52.2 Å². The van der Waals surface area contributed by atoms with Crippen molar-refractivity contribution in [1.29, 1.82) is 0 Å². The number of ether oxygens (including phenoxy) is 2. The van der Waals surface area contributed by atoms with Crippen LogP contribution in [0.25, 0.3) is 0 Å². The Morgan fingerprint density at radius 2 is 1.93 bits per heavy atom. The molecule has 40 heavy (non-hydrogen) atoms. The number of carbonyl (C=O) groups is 1. The first kappa shape index (κ1) is 30.1. The van der Waals surface area contributed by atoms with Crippen molar-refractivity contribution in [2.24, 2.45) is 0 Å². The zero-order valence-corrected chi connectivity index (χ0v) is 22.9. The lowest BCUT2D eigenvalue weighted by Crippen LogP contribution is -2.44. The van der Waals surface area contributed by atoms with Gasteiger partial charge in [-0.3, -0.25) is 23.7 Å². The Balaban J connectivity index is 1.49. The van der Waals surface area contributed by atoms with Gasteiger partial charge in [0.1, 0.15) is 35.9 Å². The minimum absolute atomic E-state index is 0.0639. The summed E-state index contributed by atoms with van der Waals surface area (Å²) in [7, 11) is -4.45. The number of aromatic nitrogens is 2. The third-order valence-corrected chi connectivity index (χ3v) is 8.45. The molecule has 2 heterocycles. The summed E-state index contributed by atoms with van der Waals surface area (Å²) in [5, 5.41) is 13.1. The standard InChI is InChI=1S/C25H32F2N3O9P/c1-15(22(33)37-17-6-4-3-5-7-17)29-40(35,39-18-10-8-16(26)9-11-18)36-14-19-21(32)25(2,27)23(38-19)30-13-12-20(31)28-24(30)34/h8-13,15,17,19,21,23,32H,3-7,14H2,1-2H3,(H,29,35)(H,28,31,34)/t15-,19+,21+,23+,25+,40?/m0/s1. The van der Waals surface area contributed by atoms with E-state index in [0.29, 0.717) is 0 Å². The van der Waals surface area contributed by atoms with E-state index in [1.165, 1.54) is 19.1 Å². The first-order chi connectivity index (χ1) is 18.9. The number of nitrogens with zero attached hydrogens (tertiary/aromatic N) is 1. The van der Waals surface area contributed by atoms with Gasteiger partial charge < -0.3 is 19.1 Å². The quantitative estimate of drug-likeness (QED) is 0.279. The third kappa shape index (κ3) is 7.05. The van der Waals surface area contributed by atoms with Gasteiger partial charge in [0.05, 0.1) is 6.61 Å². The number of hydrogen-bond acceptors (Lipinski definition) is 9. The highest BCUT2D eigenvalue weighted by atomic mass is 31.2. The molecule has 0 radical (unpaired) electrons. The summed E-state index contributed by atoms with van der Waals surface area (Å²) in [6.45, 7) is 1.69. The van der Waals surface area contributed by atoms with Crippen LogP contribution in [-0.2, 0) is 23.4 Å². The number of hydrogen-bond donors (Lipinski definition) is 3. The Morgan fingerprint density at radius 1 is 1.25 bits per heavy atom. The molecule has 1 unspecified atom stereocenters. The predicted octanol–water partition coefficient (Wildman–Crippen LogP) is 2.72. The molecule has 0 amide bonds. The highest BCUT2D eigenvalue weighted by Crippen LogP contribution is 2.47. The number of halogens is 2. The topological polar surface area (TPSA) is 158 Å². The zero-order valence-electron chi connectivity index (χ0n) is 22.0. The van der Waals surface area contributed by atoms with Gasteiger partial charge in [-0.2, -0.15) is 5.09 Å². The summed E-state index contributed by atoms with van der Waals surface area (Å²) < 4.78 is 65.5. The van der Waals surface area contributed by atoms with E-state index >= 15 is 4.39 Å². The van der Waals surface area contributed by atoms with E-state index in [-0.39, 0.29) is 11.9 Å². The van der Waals surface area contributed by atoms with Crippen molar-refractivity contribution in [2.45, 2.75) is 82.2 Å². The summed E-state index contributed by atoms with van der Waals surface area (Å²) in [6, 6.07) is 4.32. The monoisotopic (exact) mass is 587 g/mol. The molecule has 1 aromatic carbocycles. The summed E-state index contributed by atoms with van der Waals surface area (Å²) in [5.74, 6) is -1.33. The maximum absolute atomic E-state index is 15.5. The average molecular weight is 588 g/mol. The van der Waals surface area contributed by atoms with Crippen molar-refractivity contribution in [1.82, 2.24) is 14.6 Å². The van der Waals surface area contributed by atoms with Crippen LogP contribution in [0, 0.1) is 5.82 Å². The minimum Gasteiger partial charge on any atom is -0.461 e. The van der Waals surface area contributed by atoms with Crippen molar-refractivity contribution in [3.63, 3.8) is 0 Å². The number of benzene rings is 1. The van der Waals surface area contributed by atoms with Crippen molar-refractivity contribution < 1.29 is 41.8 Å². The van der Waals surface area contributed by atoms with Gasteiger partial charge in [-0.1, -0.05) is 6.42 Å². The molecule has 1 saturated carbocycles. The lowest BCUT2D eigenvalue weighted by molar-refractivity contribution is -0.152. The summed E-state index contributed by atoms with van der Waals surface area (Å²) in [6.07, 6.45) is 0.145. The maximum atomic E-state index is 15.5. The Morgan fingerprint density at radius 3 is 2.58 bits per heavy atom. The SMILES string of the molecule is C[C@H](NP(=O)(OC[C@H]1O[C@@H](n2ccc(=O)[nH]c2=O)[C@](C)(F)[C@@H]1O)Oc1ccc(F)cc1)C(=O)OC1CCCCC1. The number of rotatable bonds is 10. The predicted molar refractivity (Wildman–Crippen MR) is 137 cm³/mol. The first-order valence-electron chi connectivity index (χ1n) is 12.9. The van der Waals surface area contributed by atoms with Crippen molar-refractivity contribution in [3.05, 3.63) is 63.2 Å². The number of H-pyrrole nitrogens is 1. The van der Waals surface area contributed by atoms with Crippen LogP contribution in [0.2, 0.25) is 0 Å². The van der Waals surface area contributed by atoms with E-state index in [9.17, 15) is 28.4 Å². The van der Waals surface area contributed by atoms with Crippen LogP contribution in [0.15, 0.2) is 46.1 Å². The van der Waals surface area contributed by atoms with Crippen molar-refractivity contribution in [2.75, 3.05) is 6.61 Å². The summed E-state index contributed by atoms with van der Waals surface area (Å²) in [5.41, 5.74) is -4.20. The molecule has 1 saturated heterocycles. The molecular formula is C25H32F2N3O9P. The van der Waals surface area contributed by atoms with Crippen LogP contribution in [-0.4, -0.2) is 57.3 Å². The lowest BCUT2D eigenvalue weighted by Gasteiger charge is -2.27. The van der Waals surface area contributed by atoms with E-state index in [2.05, 4.69) is 5.09 Å². The second kappa shape index (κ2) is 12.3. The molecule has 2 aromatic rings. The summed E-state index contributed by atoms with van der Waals surface area (Å²) in [4.78, 5) is 38.3. The molecule has 2 fully saturated rings. The molecular weight excluding hydrogens is 555 g/mol. The fourth-order valence-corrected chi connectivity index (χ4v) is 6.10. The number of aromatic amines is 1. The average Bonchev–Trinajstić information content (AvgIpc) is 3.13.